The number of nitrogens with one attached hydrogen (secondary N) is 1. The second-order valence-electron chi connectivity index (χ2n) is 4.82. The van der Waals surface area contributed by atoms with Gasteiger partial charge in [-0.2, -0.15) is 0 Å². The molecule has 2 aromatic carbocycles. The van der Waals surface area contributed by atoms with Gasteiger partial charge in [-0.3, -0.25) is 0 Å². The van der Waals surface area contributed by atoms with Gasteiger partial charge in [0.1, 0.15) is 5.82 Å². The molecule has 0 amide bonds. The number of benzene rings is 2. The van der Waals surface area contributed by atoms with Crippen LogP contribution in [0.3, 0.4) is 0 Å². The minimum atomic E-state index is -0.216. The molecular weight excluding hydrogens is 385 g/mol. The summed E-state index contributed by atoms with van der Waals surface area (Å²) in [6.45, 7) is 4.08. The minimum Gasteiger partial charge on any atom is -0.309 e. The van der Waals surface area contributed by atoms with Crippen LogP contribution >= 0.6 is 31.9 Å². The van der Waals surface area contributed by atoms with Crippen molar-refractivity contribution in [2.45, 2.75) is 19.9 Å². The maximum Gasteiger partial charge on any atom is 0.142 e. The van der Waals surface area contributed by atoms with Gasteiger partial charge >= 0.3 is 0 Å². The van der Waals surface area contributed by atoms with Crippen LogP contribution in [0.15, 0.2) is 39.3 Å². The van der Waals surface area contributed by atoms with Crippen LogP contribution in [0.25, 0.3) is 0 Å². The molecule has 0 aromatic heterocycles. The van der Waals surface area contributed by atoms with Gasteiger partial charge < -0.3 is 5.32 Å². The predicted molar refractivity (Wildman–Crippen MR) is 88.6 cm³/mol. The lowest BCUT2D eigenvalue weighted by molar-refractivity contribution is 0.570. The van der Waals surface area contributed by atoms with E-state index in [-0.39, 0.29) is 11.9 Å². The largest absolute Gasteiger partial charge is 0.309 e. The highest BCUT2D eigenvalue weighted by atomic mass is 79.9. The van der Waals surface area contributed by atoms with Crippen molar-refractivity contribution in [3.05, 3.63) is 67.3 Å². The fourth-order valence-corrected chi connectivity index (χ4v) is 3.18. The summed E-state index contributed by atoms with van der Waals surface area (Å²) in [5, 5.41) is 3.21. The molecule has 1 nitrogen and oxygen atoms in total. The Labute approximate surface area is 135 Å². The van der Waals surface area contributed by atoms with E-state index in [4.69, 9.17) is 0 Å². The molecule has 2 aromatic rings. The fourth-order valence-electron chi connectivity index (χ4n) is 2.34. The lowest BCUT2D eigenvalue weighted by Crippen LogP contribution is -2.20. The number of aryl methyl sites for hydroxylation is 2. The zero-order valence-electron chi connectivity index (χ0n) is 11.6. The zero-order chi connectivity index (χ0) is 14.9. The highest BCUT2D eigenvalue weighted by Crippen LogP contribution is 2.32. The van der Waals surface area contributed by atoms with Crippen molar-refractivity contribution in [1.82, 2.24) is 5.32 Å². The molecule has 0 saturated heterocycles. The molecular formula is C16H16Br2FN. The van der Waals surface area contributed by atoms with Gasteiger partial charge in [-0.1, -0.05) is 34.1 Å². The first-order valence-corrected chi connectivity index (χ1v) is 7.92. The monoisotopic (exact) mass is 399 g/mol. The van der Waals surface area contributed by atoms with Crippen LogP contribution in [-0.2, 0) is 0 Å². The third-order valence-electron chi connectivity index (χ3n) is 3.44. The fraction of sp³-hybridized carbons (Fsp3) is 0.250. The van der Waals surface area contributed by atoms with Crippen molar-refractivity contribution in [1.29, 1.82) is 0 Å². The minimum absolute atomic E-state index is 0.167. The van der Waals surface area contributed by atoms with Crippen molar-refractivity contribution >= 4 is 31.9 Å². The molecule has 20 heavy (non-hydrogen) atoms. The van der Waals surface area contributed by atoms with Crippen LogP contribution < -0.4 is 5.32 Å². The third kappa shape index (κ3) is 2.97. The summed E-state index contributed by atoms with van der Waals surface area (Å²) in [5.74, 6) is -0.216. The summed E-state index contributed by atoms with van der Waals surface area (Å²) in [6, 6.07) is 9.39. The predicted octanol–water partition coefficient (Wildman–Crippen LogP) is 5.28. The van der Waals surface area contributed by atoms with Gasteiger partial charge in [0.15, 0.2) is 0 Å². The Bertz CT molecular complexity index is 641. The Kier molecular flexibility index (Phi) is 4.99. The first-order chi connectivity index (χ1) is 9.45. The highest BCUT2D eigenvalue weighted by molar-refractivity contribution is 9.10. The van der Waals surface area contributed by atoms with Gasteiger partial charge in [0.2, 0.25) is 0 Å². The van der Waals surface area contributed by atoms with Crippen molar-refractivity contribution < 1.29 is 4.39 Å². The van der Waals surface area contributed by atoms with E-state index in [1.807, 2.05) is 33.0 Å². The van der Waals surface area contributed by atoms with Crippen molar-refractivity contribution in [3.8, 4) is 0 Å². The molecule has 0 aliphatic heterocycles. The van der Waals surface area contributed by atoms with E-state index in [9.17, 15) is 4.39 Å². The lowest BCUT2D eigenvalue weighted by atomic mass is 9.93. The van der Waals surface area contributed by atoms with Gasteiger partial charge in [-0.15, -0.1) is 0 Å². The number of hydrogen-bond donors (Lipinski definition) is 1. The van der Waals surface area contributed by atoms with E-state index < -0.39 is 0 Å². The average Bonchev–Trinajstić information content (AvgIpc) is 2.41. The Morgan fingerprint density at radius 3 is 2.35 bits per heavy atom. The first-order valence-electron chi connectivity index (χ1n) is 6.33. The summed E-state index contributed by atoms with van der Waals surface area (Å²) in [4.78, 5) is 0. The molecule has 2 rings (SSSR count). The molecule has 1 N–H and O–H groups in total. The Morgan fingerprint density at radius 1 is 1.00 bits per heavy atom. The van der Waals surface area contributed by atoms with E-state index in [2.05, 4.69) is 49.3 Å². The first kappa shape index (κ1) is 15.7. The Morgan fingerprint density at radius 2 is 1.70 bits per heavy atom. The maximum absolute atomic E-state index is 14.3. The molecule has 0 heterocycles. The van der Waals surface area contributed by atoms with E-state index >= 15 is 0 Å². The molecule has 106 valence electrons. The summed E-state index contributed by atoms with van der Waals surface area (Å²) >= 11 is 6.78. The third-order valence-corrected chi connectivity index (χ3v) is 4.91. The molecule has 0 saturated carbocycles. The second-order valence-corrected chi connectivity index (χ2v) is 6.53. The van der Waals surface area contributed by atoms with Gasteiger partial charge in [0.25, 0.3) is 0 Å². The lowest BCUT2D eigenvalue weighted by Gasteiger charge is -2.21. The summed E-state index contributed by atoms with van der Waals surface area (Å²) in [5.41, 5.74) is 4.00. The van der Waals surface area contributed by atoms with E-state index in [0.29, 0.717) is 10.0 Å². The van der Waals surface area contributed by atoms with Crippen molar-refractivity contribution in [3.63, 3.8) is 0 Å². The molecule has 4 heteroatoms. The highest BCUT2D eigenvalue weighted by Gasteiger charge is 2.20. The van der Waals surface area contributed by atoms with Crippen LogP contribution in [0.4, 0.5) is 4.39 Å². The molecule has 0 radical (unpaired) electrons. The van der Waals surface area contributed by atoms with Crippen LogP contribution in [-0.4, -0.2) is 7.05 Å². The molecule has 0 spiro atoms. The summed E-state index contributed by atoms with van der Waals surface area (Å²) in [7, 11) is 1.85. The number of hydrogen-bond acceptors (Lipinski definition) is 1. The molecule has 1 atom stereocenters. The van der Waals surface area contributed by atoms with E-state index in [1.54, 1.807) is 6.07 Å². The standard InChI is InChI=1S/C16H16Br2FN/c1-9-8-14(18)10(2)7-12(9)16(20-3)11-5-4-6-13(17)15(11)19/h4-8,16,20H,1-3H3. The average molecular weight is 401 g/mol. The Hall–Kier alpha value is -0.710. The second kappa shape index (κ2) is 6.37. The van der Waals surface area contributed by atoms with Gasteiger partial charge in [0.05, 0.1) is 10.5 Å². The normalized spacial score (nSPS) is 12.5. The van der Waals surface area contributed by atoms with Crippen LogP contribution in [0.1, 0.15) is 28.3 Å². The number of rotatable bonds is 3. The molecule has 0 aliphatic carbocycles. The molecule has 0 bridgehead atoms. The topological polar surface area (TPSA) is 12.0 Å². The van der Waals surface area contributed by atoms with Gasteiger partial charge in [-0.25, -0.2) is 4.39 Å². The molecule has 1 unspecified atom stereocenters. The van der Waals surface area contributed by atoms with E-state index in [1.165, 1.54) is 0 Å². The summed E-state index contributed by atoms with van der Waals surface area (Å²) < 4.78 is 15.9. The molecule has 0 fully saturated rings. The van der Waals surface area contributed by atoms with E-state index in [0.717, 1.165) is 21.2 Å². The van der Waals surface area contributed by atoms with Crippen LogP contribution in [0, 0.1) is 19.7 Å². The van der Waals surface area contributed by atoms with Crippen molar-refractivity contribution in [2.24, 2.45) is 0 Å². The van der Waals surface area contributed by atoms with Crippen molar-refractivity contribution in [2.75, 3.05) is 7.05 Å². The number of halogens is 3. The Balaban J connectivity index is 2.58. The van der Waals surface area contributed by atoms with Crippen LogP contribution in [0.2, 0.25) is 0 Å². The molecule has 0 aliphatic rings. The van der Waals surface area contributed by atoms with Gasteiger partial charge in [-0.05, 0) is 65.6 Å². The summed E-state index contributed by atoms with van der Waals surface area (Å²) in [6.07, 6.45) is 0. The van der Waals surface area contributed by atoms with Crippen LogP contribution in [0.5, 0.6) is 0 Å². The smallest absolute Gasteiger partial charge is 0.142 e. The quantitative estimate of drug-likeness (QED) is 0.739. The SMILES string of the molecule is CNC(c1cc(C)c(Br)cc1C)c1cccc(Br)c1F. The zero-order valence-corrected chi connectivity index (χ0v) is 14.8. The maximum atomic E-state index is 14.3. The van der Waals surface area contributed by atoms with Gasteiger partial charge in [0, 0.05) is 10.0 Å².